The molecule has 0 radical (unpaired) electrons. The molecule has 0 saturated carbocycles. The van der Waals surface area contributed by atoms with Gasteiger partial charge < -0.3 is 4.55 Å². The molecule has 0 aliphatic carbocycles. The first-order valence-electron chi connectivity index (χ1n) is 6.72. The lowest BCUT2D eigenvalue weighted by Gasteiger charge is -2.40. The van der Waals surface area contributed by atoms with E-state index in [4.69, 9.17) is 13.0 Å². The zero-order chi connectivity index (χ0) is 18.0. The highest BCUT2D eigenvalue weighted by atomic mass is 32.2. The van der Waals surface area contributed by atoms with Gasteiger partial charge in [-0.3, -0.25) is 9.48 Å². The molecule has 0 aromatic heterocycles. The second-order valence-electron chi connectivity index (χ2n) is 5.41. The van der Waals surface area contributed by atoms with Crippen molar-refractivity contribution in [2.75, 3.05) is 21.1 Å². The Kier molecular flexibility index (Phi) is 5.81. The van der Waals surface area contributed by atoms with Crippen molar-refractivity contribution in [2.24, 2.45) is 5.92 Å². The van der Waals surface area contributed by atoms with Gasteiger partial charge in [0.1, 0.15) is 12.0 Å². The summed E-state index contributed by atoms with van der Waals surface area (Å²) in [5.74, 6) is 2.04. The maximum Gasteiger partial charge on any atom is 0.485 e. The van der Waals surface area contributed by atoms with E-state index in [0.717, 1.165) is 0 Å². The SMILES string of the molecule is C[C@@H]1C(=[N+](C)C)N(C)[C@@H]1c1ccccc1.O=S(=O)([O-])C(F)(F)F. The number of alkyl halides is 3. The number of nitrogens with zero attached hydrogens (tertiary/aromatic N) is 2. The van der Waals surface area contributed by atoms with Crippen molar-refractivity contribution < 1.29 is 30.7 Å². The standard InChI is InChI=1S/C13H19N2.CHF3O3S/c1-10-12(11-8-6-5-7-9-11)15(4)13(10)14(2)3;2-1(3,4)8(5,6)7/h5-10,12H,1-4H3;(H,5,6,7)/q+1;/p-1/t10-,12-;/m0./s1. The van der Waals surface area contributed by atoms with E-state index in [1.54, 1.807) is 0 Å². The maximum atomic E-state index is 10.7. The van der Waals surface area contributed by atoms with Gasteiger partial charge in [-0.15, -0.1) is 0 Å². The summed E-state index contributed by atoms with van der Waals surface area (Å²) in [6.45, 7) is 2.30. The largest absolute Gasteiger partial charge is 0.741 e. The first kappa shape index (κ1) is 19.4. The van der Waals surface area contributed by atoms with E-state index in [1.165, 1.54) is 11.4 Å². The van der Waals surface area contributed by atoms with E-state index < -0.39 is 15.6 Å². The molecular formula is C14H19F3N2O3S. The molecule has 1 aliphatic rings. The van der Waals surface area contributed by atoms with Gasteiger partial charge in [-0.05, 0) is 12.5 Å². The zero-order valence-corrected chi connectivity index (χ0v) is 14.0. The summed E-state index contributed by atoms with van der Waals surface area (Å²) in [5.41, 5.74) is -4.23. The quantitative estimate of drug-likeness (QED) is 0.441. The molecule has 1 heterocycles. The Hall–Kier alpha value is -1.61. The van der Waals surface area contributed by atoms with Gasteiger partial charge in [0.25, 0.3) is 5.84 Å². The minimum absolute atomic E-state index is 0.545. The number of hydrogen-bond acceptors (Lipinski definition) is 3. The van der Waals surface area contributed by atoms with E-state index in [9.17, 15) is 13.2 Å². The van der Waals surface area contributed by atoms with Crippen LogP contribution in [-0.2, 0) is 10.1 Å². The number of amidine groups is 1. The van der Waals surface area contributed by atoms with Gasteiger partial charge in [-0.1, -0.05) is 30.3 Å². The Morgan fingerprint density at radius 2 is 1.61 bits per heavy atom. The van der Waals surface area contributed by atoms with Crippen LogP contribution in [0.15, 0.2) is 30.3 Å². The highest BCUT2D eigenvalue weighted by molar-refractivity contribution is 7.86. The Balaban J connectivity index is 0.000000284. The molecular weight excluding hydrogens is 333 g/mol. The van der Waals surface area contributed by atoms with Crippen LogP contribution in [0.1, 0.15) is 18.5 Å². The van der Waals surface area contributed by atoms with Gasteiger partial charge in [-0.2, -0.15) is 13.2 Å². The number of rotatable bonds is 1. The van der Waals surface area contributed by atoms with E-state index in [-0.39, 0.29) is 0 Å². The lowest BCUT2D eigenvalue weighted by Crippen LogP contribution is -2.54. The number of halogens is 3. The van der Waals surface area contributed by atoms with E-state index >= 15 is 0 Å². The first-order valence-corrected chi connectivity index (χ1v) is 8.13. The normalized spacial score (nSPS) is 21.2. The Morgan fingerprint density at radius 1 is 1.17 bits per heavy atom. The van der Waals surface area contributed by atoms with Crippen molar-refractivity contribution >= 4 is 16.0 Å². The van der Waals surface area contributed by atoms with Crippen LogP contribution in [0.25, 0.3) is 0 Å². The van der Waals surface area contributed by atoms with Gasteiger partial charge in [0.2, 0.25) is 0 Å². The third-order valence-electron chi connectivity index (χ3n) is 3.54. The van der Waals surface area contributed by atoms with E-state index in [1.807, 2.05) is 0 Å². The summed E-state index contributed by atoms with van der Waals surface area (Å²) in [4.78, 5) is 2.36. The Morgan fingerprint density at radius 3 is 1.91 bits per heavy atom. The molecule has 1 fully saturated rings. The van der Waals surface area contributed by atoms with Crippen LogP contribution in [0.4, 0.5) is 13.2 Å². The molecule has 0 unspecified atom stereocenters. The highest BCUT2D eigenvalue weighted by Gasteiger charge is 2.48. The van der Waals surface area contributed by atoms with Crippen LogP contribution in [-0.4, -0.2) is 54.9 Å². The van der Waals surface area contributed by atoms with Gasteiger partial charge in [0.15, 0.2) is 10.1 Å². The molecule has 1 saturated heterocycles. The minimum atomic E-state index is -6.09. The number of benzene rings is 1. The third kappa shape index (κ3) is 4.44. The topological polar surface area (TPSA) is 63.5 Å². The highest BCUT2D eigenvalue weighted by Crippen LogP contribution is 2.38. The lowest BCUT2D eigenvalue weighted by molar-refractivity contribution is -0.478. The van der Waals surface area contributed by atoms with Crippen molar-refractivity contribution in [2.45, 2.75) is 18.5 Å². The van der Waals surface area contributed by atoms with Crippen molar-refractivity contribution in [1.82, 2.24) is 4.90 Å². The van der Waals surface area contributed by atoms with Crippen molar-refractivity contribution in [3.05, 3.63) is 35.9 Å². The van der Waals surface area contributed by atoms with Gasteiger partial charge in [0.05, 0.1) is 21.1 Å². The van der Waals surface area contributed by atoms with E-state index in [2.05, 4.69) is 67.9 Å². The molecule has 0 amide bonds. The van der Waals surface area contributed by atoms with Crippen LogP contribution in [0.5, 0.6) is 0 Å². The summed E-state index contributed by atoms with van der Waals surface area (Å²) >= 11 is 0. The van der Waals surface area contributed by atoms with Gasteiger partial charge in [-0.25, -0.2) is 8.42 Å². The summed E-state index contributed by atoms with van der Waals surface area (Å²) < 4.78 is 61.1. The summed E-state index contributed by atoms with van der Waals surface area (Å²) in [6, 6.07) is 11.3. The lowest BCUT2D eigenvalue weighted by atomic mass is 9.84. The Bertz CT molecular complexity index is 656. The fraction of sp³-hybridized carbons (Fsp3) is 0.500. The minimum Gasteiger partial charge on any atom is -0.741 e. The molecule has 5 nitrogen and oxygen atoms in total. The summed E-state index contributed by atoms with van der Waals surface area (Å²) in [7, 11) is 0.313. The van der Waals surface area contributed by atoms with Crippen LogP contribution in [0, 0.1) is 5.92 Å². The molecule has 130 valence electrons. The van der Waals surface area contributed by atoms with E-state index in [0.29, 0.717) is 12.0 Å². The molecule has 0 spiro atoms. The van der Waals surface area contributed by atoms with Crippen LogP contribution < -0.4 is 0 Å². The monoisotopic (exact) mass is 352 g/mol. The smallest absolute Gasteiger partial charge is 0.485 e. The van der Waals surface area contributed by atoms with Crippen LogP contribution in [0.3, 0.4) is 0 Å². The molecule has 0 N–H and O–H groups in total. The van der Waals surface area contributed by atoms with Crippen molar-refractivity contribution in [3.63, 3.8) is 0 Å². The van der Waals surface area contributed by atoms with Crippen LogP contribution >= 0.6 is 0 Å². The average Bonchev–Trinajstić information content (AvgIpc) is 2.37. The molecule has 0 bridgehead atoms. The molecule has 2 rings (SSSR count). The van der Waals surface area contributed by atoms with Crippen molar-refractivity contribution in [1.29, 1.82) is 0 Å². The average molecular weight is 352 g/mol. The molecule has 1 aromatic rings. The van der Waals surface area contributed by atoms with Gasteiger partial charge in [0, 0.05) is 0 Å². The third-order valence-corrected chi connectivity index (χ3v) is 4.11. The first-order chi connectivity index (χ1) is 10.4. The summed E-state index contributed by atoms with van der Waals surface area (Å²) in [6.07, 6.45) is 0. The molecule has 2 atom stereocenters. The maximum absolute atomic E-state index is 10.7. The second kappa shape index (κ2) is 6.88. The fourth-order valence-corrected chi connectivity index (χ4v) is 2.74. The zero-order valence-electron chi connectivity index (χ0n) is 13.2. The number of hydrogen-bond donors (Lipinski definition) is 0. The summed E-state index contributed by atoms with van der Waals surface area (Å²) in [5, 5.41) is 0. The van der Waals surface area contributed by atoms with Crippen LogP contribution in [0.2, 0.25) is 0 Å². The fourth-order valence-electron chi connectivity index (χ4n) is 2.74. The second-order valence-corrected chi connectivity index (χ2v) is 6.78. The molecule has 23 heavy (non-hydrogen) atoms. The molecule has 1 aliphatic heterocycles. The predicted octanol–water partition coefficient (Wildman–Crippen LogP) is 2.03. The molecule has 9 heteroatoms. The van der Waals surface area contributed by atoms with Crippen molar-refractivity contribution in [3.8, 4) is 0 Å². The number of likely N-dealkylation sites (tertiary alicyclic amines) is 1. The molecule has 1 aromatic carbocycles. The predicted molar refractivity (Wildman–Crippen MR) is 79.0 cm³/mol. The van der Waals surface area contributed by atoms with Gasteiger partial charge >= 0.3 is 5.51 Å². The Labute approximate surface area is 133 Å².